The van der Waals surface area contributed by atoms with Crippen LogP contribution in [0, 0.1) is 5.82 Å². The lowest BCUT2D eigenvalue weighted by Gasteiger charge is -2.11. The lowest BCUT2D eigenvalue weighted by atomic mass is 10.3. The summed E-state index contributed by atoms with van der Waals surface area (Å²) in [7, 11) is -3.67. The Labute approximate surface area is 127 Å². The van der Waals surface area contributed by atoms with Gasteiger partial charge in [0.05, 0.1) is 5.02 Å². The van der Waals surface area contributed by atoms with Crippen molar-refractivity contribution in [1.29, 1.82) is 0 Å². The predicted molar refractivity (Wildman–Crippen MR) is 79.8 cm³/mol. The number of hydrogen-bond acceptors (Lipinski definition) is 4. The van der Waals surface area contributed by atoms with Crippen LogP contribution in [0.25, 0.3) is 0 Å². The summed E-state index contributed by atoms with van der Waals surface area (Å²) < 4.78 is 40.0. The molecule has 8 heteroatoms. The summed E-state index contributed by atoms with van der Waals surface area (Å²) in [5, 5.41) is 2.76. The van der Waals surface area contributed by atoms with Crippen molar-refractivity contribution in [3.8, 4) is 0 Å². The van der Waals surface area contributed by atoms with Gasteiger partial charge in [-0.15, -0.1) is 0 Å². The van der Waals surface area contributed by atoms with Crippen LogP contribution in [0.5, 0.6) is 0 Å². The van der Waals surface area contributed by atoms with Gasteiger partial charge in [0.2, 0.25) is 10.0 Å². The molecule has 0 aliphatic rings. The molecule has 0 atom stereocenters. The smallest absolute Gasteiger partial charge is 0.244 e. The van der Waals surface area contributed by atoms with E-state index in [1.54, 1.807) is 6.92 Å². The van der Waals surface area contributed by atoms with Gasteiger partial charge in [-0.05, 0) is 30.3 Å². The average Bonchev–Trinajstić information content (AvgIpc) is 2.43. The predicted octanol–water partition coefficient (Wildman–Crippen LogP) is 2.92. The molecule has 0 amide bonds. The third-order valence-electron chi connectivity index (χ3n) is 2.58. The van der Waals surface area contributed by atoms with Crippen molar-refractivity contribution in [2.45, 2.75) is 11.8 Å². The number of nitrogens with zero attached hydrogens (tertiary/aromatic N) is 1. The van der Waals surface area contributed by atoms with E-state index in [4.69, 9.17) is 11.6 Å². The lowest BCUT2D eigenvalue weighted by Crippen LogP contribution is -2.24. The summed E-state index contributed by atoms with van der Waals surface area (Å²) in [6.45, 7) is 1.93. The van der Waals surface area contributed by atoms with E-state index in [9.17, 15) is 12.8 Å². The molecule has 0 saturated carbocycles. The monoisotopic (exact) mass is 329 g/mol. The highest BCUT2D eigenvalue weighted by Gasteiger charge is 2.18. The van der Waals surface area contributed by atoms with Crippen molar-refractivity contribution in [2.24, 2.45) is 0 Å². The van der Waals surface area contributed by atoms with E-state index in [0.717, 1.165) is 0 Å². The van der Waals surface area contributed by atoms with Crippen molar-refractivity contribution in [2.75, 3.05) is 11.9 Å². The van der Waals surface area contributed by atoms with Gasteiger partial charge in [-0.3, -0.25) is 0 Å². The first-order valence-electron chi connectivity index (χ1n) is 6.11. The fourth-order valence-corrected chi connectivity index (χ4v) is 2.95. The molecule has 0 radical (unpaired) electrons. The maximum absolute atomic E-state index is 13.4. The molecule has 2 N–H and O–H groups in total. The molecule has 0 aliphatic carbocycles. The SMILES string of the molecule is CCNS(=O)(=O)c1cccnc1Nc1ccc(Cl)c(F)c1. The molecule has 2 rings (SSSR count). The third kappa shape index (κ3) is 3.69. The first-order valence-corrected chi connectivity index (χ1v) is 7.97. The highest BCUT2D eigenvalue weighted by molar-refractivity contribution is 7.89. The number of nitrogens with one attached hydrogen (secondary N) is 2. The summed E-state index contributed by atoms with van der Waals surface area (Å²) in [6, 6.07) is 7.00. The first kappa shape index (κ1) is 15.7. The fraction of sp³-hybridized carbons (Fsp3) is 0.154. The fourth-order valence-electron chi connectivity index (χ4n) is 1.68. The Morgan fingerprint density at radius 3 is 2.76 bits per heavy atom. The van der Waals surface area contributed by atoms with Crippen LogP contribution in [-0.4, -0.2) is 19.9 Å². The van der Waals surface area contributed by atoms with Crippen LogP contribution >= 0.6 is 11.6 Å². The molecular formula is C13H13ClFN3O2S. The van der Waals surface area contributed by atoms with E-state index in [-0.39, 0.29) is 22.3 Å². The Morgan fingerprint density at radius 1 is 1.33 bits per heavy atom. The zero-order valence-corrected chi connectivity index (χ0v) is 12.7. The second-order valence-electron chi connectivity index (χ2n) is 4.11. The minimum atomic E-state index is -3.67. The summed E-state index contributed by atoms with van der Waals surface area (Å²) in [5.41, 5.74) is 0.351. The summed E-state index contributed by atoms with van der Waals surface area (Å²) in [6.07, 6.45) is 1.44. The van der Waals surface area contributed by atoms with Gasteiger partial charge in [0.25, 0.3) is 0 Å². The minimum Gasteiger partial charge on any atom is -0.339 e. The minimum absolute atomic E-state index is 0.0118. The number of benzene rings is 1. The van der Waals surface area contributed by atoms with Crippen LogP contribution < -0.4 is 10.0 Å². The highest BCUT2D eigenvalue weighted by atomic mass is 35.5. The number of pyridine rings is 1. The second kappa shape index (κ2) is 6.38. The van der Waals surface area contributed by atoms with Gasteiger partial charge in [-0.1, -0.05) is 18.5 Å². The quantitative estimate of drug-likeness (QED) is 0.884. The molecule has 1 aromatic heterocycles. The number of anilines is 2. The van der Waals surface area contributed by atoms with Crippen LogP contribution in [0.2, 0.25) is 5.02 Å². The van der Waals surface area contributed by atoms with Gasteiger partial charge in [-0.25, -0.2) is 22.5 Å². The molecule has 2 aromatic rings. The number of hydrogen-bond donors (Lipinski definition) is 2. The van der Waals surface area contributed by atoms with Gasteiger partial charge in [0.15, 0.2) is 5.82 Å². The van der Waals surface area contributed by atoms with Crippen molar-refractivity contribution < 1.29 is 12.8 Å². The Morgan fingerprint density at radius 2 is 2.10 bits per heavy atom. The molecule has 5 nitrogen and oxygen atoms in total. The van der Waals surface area contributed by atoms with Crippen molar-refractivity contribution in [3.63, 3.8) is 0 Å². The Kier molecular flexibility index (Phi) is 4.76. The van der Waals surface area contributed by atoms with E-state index >= 15 is 0 Å². The van der Waals surface area contributed by atoms with Crippen molar-refractivity contribution >= 4 is 33.1 Å². The molecule has 0 saturated heterocycles. The zero-order valence-electron chi connectivity index (χ0n) is 11.1. The highest BCUT2D eigenvalue weighted by Crippen LogP contribution is 2.25. The topological polar surface area (TPSA) is 71.1 Å². The molecule has 0 fully saturated rings. The molecule has 0 unspecified atom stereocenters. The molecule has 1 aromatic carbocycles. The number of halogens is 2. The third-order valence-corrected chi connectivity index (χ3v) is 4.46. The molecule has 21 heavy (non-hydrogen) atoms. The normalized spacial score (nSPS) is 11.4. The summed E-state index contributed by atoms with van der Waals surface area (Å²) in [5.74, 6) is -0.492. The lowest BCUT2D eigenvalue weighted by molar-refractivity contribution is 0.584. The number of aromatic nitrogens is 1. The molecule has 0 aliphatic heterocycles. The molecule has 0 spiro atoms. The van der Waals surface area contributed by atoms with E-state index < -0.39 is 15.8 Å². The van der Waals surface area contributed by atoms with E-state index in [0.29, 0.717) is 5.69 Å². The van der Waals surface area contributed by atoms with Gasteiger partial charge >= 0.3 is 0 Å². The van der Waals surface area contributed by atoms with Crippen LogP contribution in [-0.2, 0) is 10.0 Å². The summed E-state index contributed by atoms with van der Waals surface area (Å²) in [4.78, 5) is 3.98. The van der Waals surface area contributed by atoms with Crippen LogP contribution in [0.4, 0.5) is 15.9 Å². The van der Waals surface area contributed by atoms with Crippen LogP contribution in [0.3, 0.4) is 0 Å². The number of sulfonamides is 1. The van der Waals surface area contributed by atoms with Crippen molar-refractivity contribution in [3.05, 3.63) is 47.4 Å². The molecule has 0 bridgehead atoms. The Balaban J connectivity index is 2.39. The Bertz CT molecular complexity index is 753. The standard InChI is InChI=1S/C13H13ClFN3O2S/c1-2-17-21(19,20)12-4-3-7-16-13(12)18-9-5-6-10(14)11(15)8-9/h3-8,17H,2H2,1H3,(H,16,18). The largest absolute Gasteiger partial charge is 0.339 e. The molecule has 1 heterocycles. The molecule has 112 valence electrons. The maximum Gasteiger partial charge on any atom is 0.244 e. The van der Waals surface area contributed by atoms with Gasteiger partial charge in [0.1, 0.15) is 10.7 Å². The van der Waals surface area contributed by atoms with Gasteiger partial charge in [0, 0.05) is 18.4 Å². The van der Waals surface area contributed by atoms with Crippen molar-refractivity contribution in [1.82, 2.24) is 9.71 Å². The van der Waals surface area contributed by atoms with E-state index in [2.05, 4.69) is 15.0 Å². The Hall–Kier alpha value is -1.70. The second-order valence-corrected chi connectivity index (χ2v) is 6.25. The van der Waals surface area contributed by atoms with Crippen LogP contribution in [0.1, 0.15) is 6.92 Å². The summed E-state index contributed by atoms with van der Waals surface area (Å²) >= 11 is 5.60. The van der Waals surface area contributed by atoms with E-state index in [1.165, 1.54) is 36.5 Å². The number of rotatable bonds is 5. The van der Waals surface area contributed by atoms with E-state index in [1.807, 2.05) is 0 Å². The average molecular weight is 330 g/mol. The van der Waals surface area contributed by atoms with Crippen LogP contribution in [0.15, 0.2) is 41.4 Å². The molecular weight excluding hydrogens is 317 g/mol. The zero-order chi connectivity index (χ0) is 15.5. The van der Waals surface area contributed by atoms with Gasteiger partial charge in [-0.2, -0.15) is 0 Å². The maximum atomic E-state index is 13.4. The van der Waals surface area contributed by atoms with Gasteiger partial charge < -0.3 is 5.32 Å². The first-order chi connectivity index (χ1) is 9.94.